The van der Waals surface area contributed by atoms with Crippen molar-refractivity contribution in [1.29, 1.82) is 0 Å². The van der Waals surface area contributed by atoms with E-state index < -0.39 is 0 Å². The van der Waals surface area contributed by atoms with E-state index in [9.17, 15) is 4.79 Å². The number of nitrogen functional groups attached to an aromatic ring is 1. The maximum atomic E-state index is 12.3. The van der Waals surface area contributed by atoms with Gasteiger partial charge < -0.3 is 15.9 Å². The first kappa shape index (κ1) is 25.4. The van der Waals surface area contributed by atoms with Crippen LogP contribution >= 0.6 is 35.0 Å². The molecule has 4 aromatic rings. The quantitative estimate of drug-likeness (QED) is 0.111. The van der Waals surface area contributed by atoms with Gasteiger partial charge in [0.25, 0.3) is 5.95 Å². The summed E-state index contributed by atoms with van der Waals surface area (Å²) >= 11 is 13.1. The fraction of sp³-hybridized carbons (Fsp3) is 0.0833. The van der Waals surface area contributed by atoms with Crippen molar-refractivity contribution in [2.24, 2.45) is 5.10 Å². The maximum absolute atomic E-state index is 12.3. The number of para-hydroxylation sites is 1. The second kappa shape index (κ2) is 12.3. The number of amides is 1. The number of nitrogens with one attached hydrogen (secondary N) is 2. The Bertz CT molecular complexity index is 1370. The lowest BCUT2D eigenvalue weighted by atomic mass is 10.2. The van der Waals surface area contributed by atoms with Gasteiger partial charge in [-0.25, -0.2) is 10.1 Å². The van der Waals surface area contributed by atoms with Gasteiger partial charge in [-0.15, -0.1) is 10.2 Å². The number of hydrogen-bond acceptors (Lipinski definition) is 8. The lowest BCUT2D eigenvalue weighted by molar-refractivity contribution is -0.113. The first-order valence-corrected chi connectivity index (χ1v) is 12.4. The Morgan fingerprint density at radius 1 is 1.08 bits per heavy atom. The number of nitrogens with two attached hydrogens (primary N) is 1. The van der Waals surface area contributed by atoms with Gasteiger partial charge in [-0.3, -0.25) is 4.79 Å². The van der Waals surface area contributed by atoms with E-state index in [0.29, 0.717) is 33.2 Å². The topological polar surface area (TPSA) is 119 Å². The van der Waals surface area contributed by atoms with Crippen LogP contribution < -0.4 is 21.3 Å². The zero-order valence-electron chi connectivity index (χ0n) is 18.8. The van der Waals surface area contributed by atoms with Crippen molar-refractivity contribution in [3.05, 3.63) is 94.0 Å². The number of aromatic nitrogens is 3. The van der Waals surface area contributed by atoms with Crippen LogP contribution in [0.3, 0.4) is 0 Å². The number of nitrogens with zero attached hydrogens (tertiary/aromatic N) is 4. The van der Waals surface area contributed by atoms with Gasteiger partial charge in [0.05, 0.1) is 22.7 Å². The normalized spacial score (nSPS) is 10.9. The lowest BCUT2D eigenvalue weighted by Crippen LogP contribution is -2.17. The van der Waals surface area contributed by atoms with Crippen molar-refractivity contribution in [1.82, 2.24) is 14.9 Å². The molecule has 0 fully saturated rings. The molecule has 3 aromatic carbocycles. The number of ether oxygens (including phenoxy) is 1. The molecule has 0 bridgehead atoms. The Hall–Kier alpha value is -3.73. The van der Waals surface area contributed by atoms with Crippen molar-refractivity contribution in [3.63, 3.8) is 0 Å². The molecular weight excluding hydrogens is 521 g/mol. The molecule has 1 aromatic heterocycles. The van der Waals surface area contributed by atoms with Crippen LogP contribution in [0.1, 0.15) is 11.1 Å². The third-order valence-electron chi connectivity index (χ3n) is 4.73. The van der Waals surface area contributed by atoms with Crippen LogP contribution in [-0.4, -0.2) is 32.7 Å². The van der Waals surface area contributed by atoms with E-state index in [-0.39, 0.29) is 17.6 Å². The van der Waals surface area contributed by atoms with Crippen molar-refractivity contribution < 1.29 is 9.53 Å². The zero-order valence-corrected chi connectivity index (χ0v) is 21.1. The Labute approximate surface area is 221 Å². The highest BCUT2D eigenvalue weighted by Crippen LogP contribution is 2.26. The van der Waals surface area contributed by atoms with E-state index in [1.54, 1.807) is 24.4 Å². The molecule has 12 heteroatoms. The van der Waals surface area contributed by atoms with E-state index in [1.165, 1.54) is 4.68 Å². The number of carbonyl (C=O) groups excluding carboxylic acids is 1. The van der Waals surface area contributed by atoms with Crippen molar-refractivity contribution >= 4 is 58.7 Å². The Morgan fingerprint density at radius 3 is 2.67 bits per heavy atom. The molecule has 0 radical (unpaired) electrons. The second-order valence-electron chi connectivity index (χ2n) is 7.32. The molecule has 0 spiro atoms. The number of hydrazone groups is 1. The van der Waals surface area contributed by atoms with Gasteiger partial charge in [0.2, 0.25) is 11.1 Å². The van der Waals surface area contributed by atoms with Gasteiger partial charge in [0, 0.05) is 10.6 Å². The molecule has 0 aliphatic heterocycles. The monoisotopic (exact) mass is 541 g/mol. The smallest absolute Gasteiger partial charge is 0.264 e. The molecule has 9 nitrogen and oxygen atoms in total. The van der Waals surface area contributed by atoms with E-state index in [1.807, 2.05) is 54.6 Å². The highest BCUT2D eigenvalue weighted by atomic mass is 35.5. The summed E-state index contributed by atoms with van der Waals surface area (Å²) in [5.74, 6) is 6.70. The average Bonchev–Trinajstić information content (AvgIpc) is 3.23. The second-order valence-corrected chi connectivity index (χ2v) is 9.11. The Morgan fingerprint density at radius 2 is 1.86 bits per heavy atom. The number of thioether (sulfide) groups is 1. The molecular formula is C24H21Cl2N7O2S. The summed E-state index contributed by atoms with van der Waals surface area (Å²) in [5.41, 5.74) is 5.06. The minimum absolute atomic E-state index is 0.0453. The zero-order chi connectivity index (χ0) is 25.3. The number of carbonyl (C=O) groups is 1. The number of halogens is 2. The fourth-order valence-electron chi connectivity index (χ4n) is 2.97. The highest BCUT2D eigenvalue weighted by Gasteiger charge is 2.13. The van der Waals surface area contributed by atoms with Gasteiger partial charge in [-0.2, -0.15) is 5.10 Å². The van der Waals surface area contributed by atoms with Crippen LogP contribution in [0.25, 0.3) is 0 Å². The Kier molecular flexibility index (Phi) is 8.66. The SMILES string of the molecule is Nn1c(N/N=C/c2ccccc2OCc2ccccc2)nnc1SCC(=O)Nc1ccc(Cl)cc1Cl. The molecule has 0 unspecified atom stereocenters. The predicted octanol–water partition coefficient (Wildman–Crippen LogP) is 5.05. The summed E-state index contributed by atoms with van der Waals surface area (Å²) < 4.78 is 7.14. The van der Waals surface area contributed by atoms with Gasteiger partial charge in [0.1, 0.15) is 12.4 Å². The summed E-state index contributed by atoms with van der Waals surface area (Å²) in [6.45, 7) is 0.439. The van der Waals surface area contributed by atoms with Crippen LogP contribution in [-0.2, 0) is 11.4 Å². The lowest BCUT2D eigenvalue weighted by Gasteiger charge is -2.09. The predicted molar refractivity (Wildman–Crippen MR) is 144 cm³/mol. The molecule has 184 valence electrons. The van der Waals surface area contributed by atoms with Crippen LogP contribution in [0.15, 0.2) is 83.1 Å². The maximum Gasteiger partial charge on any atom is 0.264 e. The number of anilines is 2. The molecule has 4 rings (SSSR count). The third-order valence-corrected chi connectivity index (χ3v) is 6.22. The summed E-state index contributed by atoms with van der Waals surface area (Å²) in [6, 6.07) is 22.2. The average molecular weight is 542 g/mol. The molecule has 0 saturated carbocycles. The Balaban J connectivity index is 1.31. The van der Waals surface area contributed by atoms with Crippen LogP contribution in [0.4, 0.5) is 11.6 Å². The summed E-state index contributed by atoms with van der Waals surface area (Å²) in [5, 5.41) is 16.0. The van der Waals surface area contributed by atoms with Crippen LogP contribution in [0.2, 0.25) is 10.0 Å². The molecule has 4 N–H and O–H groups in total. The minimum Gasteiger partial charge on any atom is -0.488 e. The van der Waals surface area contributed by atoms with E-state index in [2.05, 4.69) is 26.0 Å². The first-order valence-electron chi connectivity index (χ1n) is 10.6. The fourth-order valence-corrected chi connectivity index (χ4v) is 4.08. The number of benzene rings is 3. The van der Waals surface area contributed by atoms with Gasteiger partial charge in [-0.1, -0.05) is 77.4 Å². The molecule has 0 aliphatic rings. The van der Waals surface area contributed by atoms with Crippen molar-refractivity contribution in [2.45, 2.75) is 11.8 Å². The molecule has 1 heterocycles. The molecule has 1 amide bonds. The summed E-state index contributed by atoms with van der Waals surface area (Å²) in [7, 11) is 0. The van der Waals surface area contributed by atoms with Crippen LogP contribution in [0, 0.1) is 0 Å². The van der Waals surface area contributed by atoms with E-state index in [4.69, 9.17) is 33.8 Å². The molecule has 0 atom stereocenters. The summed E-state index contributed by atoms with van der Waals surface area (Å²) in [4.78, 5) is 12.3. The molecule has 0 aliphatic carbocycles. The van der Waals surface area contributed by atoms with Crippen molar-refractivity contribution in [2.75, 3.05) is 22.3 Å². The van der Waals surface area contributed by atoms with Gasteiger partial charge >= 0.3 is 0 Å². The third kappa shape index (κ3) is 6.91. The van der Waals surface area contributed by atoms with Crippen molar-refractivity contribution in [3.8, 4) is 5.75 Å². The standard InChI is InChI=1S/C24H21Cl2N7O2S/c25-18-10-11-20(19(26)12-18)29-22(34)15-36-24-32-31-23(33(24)27)30-28-13-17-8-4-5-9-21(17)35-14-16-6-2-1-3-7-16/h1-13H,14-15,27H2,(H,29,34)(H,30,31)/b28-13+. The first-order chi connectivity index (χ1) is 17.5. The van der Waals surface area contributed by atoms with E-state index >= 15 is 0 Å². The summed E-state index contributed by atoms with van der Waals surface area (Å²) in [6.07, 6.45) is 1.60. The van der Waals surface area contributed by atoms with E-state index in [0.717, 1.165) is 22.9 Å². The van der Waals surface area contributed by atoms with Gasteiger partial charge in [0.15, 0.2) is 0 Å². The van der Waals surface area contributed by atoms with Gasteiger partial charge in [-0.05, 0) is 35.9 Å². The minimum atomic E-state index is -0.285. The number of hydrogen-bond donors (Lipinski definition) is 3. The largest absolute Gasteiger partial charge is 0.488 e. The number of rotatable bonds is 10. The molecule has 36 heavy (non-hydrogen) atoms. The molecule has 0 saturated heterocycles. The van der Waals surface area contributed by atoms with Crippen LogP contribution in [0.5, 0.6) is 5.75 Å². The highest BCUT2D eigenvalue weighted by molar-refractivity contribution is 7.99.